The summed E-state index contributed by atoms with van der Waals surface area (Å²) in [7, 11) is -4.34. The highest BCUT2D eigenvalue weighted by molar-refractivity contribution is 7.53. The van der Waals surface area contributed by atoms with Crippen LogP contribution in [0.4, 0.5) is 0 Å². The molecule has 1 unspecified atom stereocenters. The normalized spacial score (nSPS) is 17.9. The monoisotopic (exact) mass is 182 g/mol. The highest BCUT2D eigenvalue weighted by Gasteiger charge is 2.39. The van der Waals surface area contributed by atoms with E-state index >= 15 is 0 Å². The maximum Gasteiger partial charge on any atom is 0.356 e. The van der Waals surface area contributed by atoms with Gasteiger partial charge in [0, 0.05) is 0 Å². The Morgan fingerprint density at radius 1 is 1.45 bits per heavy atom. The van der Waals surface area contributed by atoms with E-state index < -0.39 is 12.9 Å². The molecule has 0 fully saturated rings. The van der Waals surface area contributed by atoms with E-state index in [-0.39, 0.29) is 6.42 Å². The van der Waals surface area contributed by atoms with Gasteiger partial charge in [-0.05, 0) is 13.3 Å². The predicted octanol–water partition coefficient (Wildman–Crippen LogP) is 1.06. The minimum atomic E-state index is -4.34. The van der Waals surface area contributed by atoms with Crippen molar-refractivity contribution in [3.8, 4) is 0 Å². The van der Waals surface area contributed by atoms with Crippen LogP contribution >= 0.6 is 7.60 Å². The Bertz CT molecular complexity index is 160. The fourth-order valence-electron chi connectivity index (χ4n) is 0.657. The Kier molecular flexibility index (Phi) is 3.71. The number of aliphatic hydroxyl groups is 1. The molecule has 0 heterocycles. The summed E-state index contributed by atoms with van der Waals surface area (Å²) in [5.74, 6) is 0. The molecule has 0 amide bonds. The van der Waals surface area contributed by atoms with Crippen molar-refractivity contribution in [1.82, 2.24) is 0 Å². The Hall–Kier alpha value is 0.110. The van der Waals surface area contributed by atoms with Crippen molar-refractivity contribution in [3.63, 3.8) is 0 Å². The summed E-state index contributed by atoms with van der Waals surface area (Å²) in [5, 5.41) is 7.37. The molecule has 0 radical (unpaired) electrons. The first kappa shape index (κ1) is 11.1. The lowest BCUT2D eigenvalue weighted by Gasteiger charge is -2.23. The fourth-order valence-corrected chi connectivity index (χ4v) is 1.11. The molecule has 0 saturated heterocycles. The van der Waals surface area contributed by atoms with Crippen molar-refractivity contribution < 1.29 is 19.5 Å². The lowest BCUT2D eigenvalue weighted by Crippen LogP contribution is -2.23. The number of hydrogen-bond donors (Lipinski definition) is 3. The zero-order valence-electron chi connectivity index (χ0n) is 6.82. The van der Waals surface area contributed by atoms with Gasteiger partial charge in [0.15, 0.2) is 5.34 Å². The predicted molar refractivity (Wildman–Crippen MR) is 42.2 cm³/mol. The van der Waals surface area contributed by atoms with Gasteiger partial charge in [-0.2, -0.15) is 0 Å². The molecule has 0 aliphatic carbocycles. The third kappa shape index (κ3) is 3.34. The number of rotatable bonds is 4. The van der Waals surface area contributed by atoms with Crippen LogP contribution in [0.2, 0.25) is 0 Å². The highest BCUT2D eigenvalue weighted by atomic mass is 31.2. The summed E-state index contributed by atoms with van der Waals surface area (Å²) >= 11 is 0. The first-order valence-corrected chi connectivity index (χ1v) is 5.20. The van der Waals surface area contributed by atoms with Crippen molar-refractivity contribution >= 4 is 7.60 Å². The van der Waals surface area contributed by atoms with Crippen molar-refractivity contribution in [2.45, 2.75) is 38.5 Å². The summed E-state index contributed by atoms with van der Waals surface area (Å²) < 4.78 is 10.6. The van der Waals surface area contributed by atoms with Gasteiger partial charge < -0.3 is 14.9 Å². The second-order valence-electron chi connectivity index (χ2n) is 2.86. The topological polar surface area (TPSA) is 77.8 Å². The third-order valence-corrected chi connectivity index (χ3v) is 3.11. The van der Waals surface area contributed by atoms with E-state index in [4.69, 9.17) is 9.79 Å². The first-order chi connectivity index (χ1) is 4.81. The molecule has 4 nitrogen and oxygen atoms in total. The molecule has 1 atom stereocenters. The van der Waals surface area contributed by atoms with E-state index in [9.17, 15) is 9.67 Å². The van der Waals surface area contributed by atoms with Crippen molar-refractivity contribution in [1.29, 1.82) is 0 Å². The van der Waals surface area contributed by atoms with E-state index in [2.05, 4.69) is 0 Å². The van der Waals surface area contributed by atoms with Gasteiger partial charge in [-0.1, -0.05) is 19.8 Å². The fraction of sp³-hybridized carbons (Fsp3) is 1.00. The summed E-state index contributed by atoms with van der Waals surface area (Å²) in [6.45, 7) is 3.07. The highest BCUT2D eigenvalue weighted by Crippen LogP contribution is 2.50. The molecule has 0 aromatic heterocycles. The van der Waals surface area contributed by atoms with Crippen LogP contribution in [0, 0.1) is 0 Å². The molecule has 3 N–H and O–H groups in total. The van der Waals surface area contributed by atoms with E-state index in [1.54, 1.807) is 0 Å². The van der Waals surface area contributed by atoms with Gasteiger partial charge in [-0.25, -0.2) is 0 Å². The molecular weight excluding hydrogens is 167 g/mol. The summed E-state index contributed by atoms with van der Waals surface area (Å²) in [6, 6.07) is 0. The molecule has 0 rings (SSSR count). The van der Waals surface area contributed by atoms with Gasteiger partial charge in [0.1, 0.15) is 0 Å². The van der Waals surface area contributed by atoms with Crippen LogP contribution in [-0.4, -0.2) is 20.2 Å². The second-order valence-corrected chi connectivity index (χ2v) is 4.92. The second kappa shape index (κ2) is 3.68. The Balaban J connectivity index is 4.11. The van der Waals surface area contributed by atoms with Crippen molar-refractivity contribution in [3.05, 3.63) is 0 Å². The van der Waals surface area contributed by atoms with Crippen molar-refractivity contribution in [2.75, 3.05) is 0 Å². The van der Waals surface area contributed by atoms with E-state index in [0.717, 1.165) is 6.42 Å². The van der Waals surface area contributed by atoms with Crippen LogP contribution in [0.3, 0.4) is 0 Å². The minimum Gasteiger partial charge on any atom is -0.378 e. The summed E-state index contributed by atoms with van der Waals surface area (Å²) in [6.07, 6.45) is 1.59. The molecule has 0 aliphatic rings. The number of unbranched alkanes of at least 4 members (excludes halogenated alkanes) is 1. The van der Waals surface area contributed by atoms with Crippen molar-refractivity contribution in [2.24, 2.45) is 0 Å². The maximum atomic E-state index is 10.6. The zero-order chi connectivity index (χ0) is 9.12. The molecule has 5 heteroatoms. The number of hydrogen-bond acceptors (Lipinski definition) is 2. The lowest BCUT2D eigenvalue weighted by atomic mass is 10.2. The van der Waals surface area contributed by atoms with E-state index in [0.29, 0.717) is 6.42 Å². The van der Waals surface area contributed by atoms with Crippen LogP contribution in [-0.2, 0) is 4.57 Å². The first-order valence-electron chi connectivity index (χ1n) is 3.59. The quantitative estimate of drug-likeness (QED) is 0.568. The lowest BCUT2D eigenvalue weighted by molar-refractivity contribution is 0.0977. The van der Waals surface area contributed by atoms with Gasteiger partial charge in [-0.3, -0.25) is 4.57 Å². The molecular formula is C6H15O4P. The molecule has 68 valence electrons. The summed E-state index contributed by atoms with van der Waals surface area (Å²) in [5.41, 5.74) is 0. The van der Waals surface area contributed by atoms with Crippen LogP contribution in [0.1, 0.15) is 33.1 Å². The Morgan fingerprint density at radius 3 is 2.18 bits per heavy atom. The smallest absolute Gasteiger partial charge is 0.356 e. The van der Waals surface area contributed by atoms with Crippen LogP contribution in [0.15, 0.2) is 0 Å². The molecule has 0 aromatic rings. The average molecular weight is 182 g/mol. The van der Waals surface area contributed by atoms with Gasteiger partial charge in [0.2, 0.25) is 0 Å². The average Bonchev–Trinajstić information content (AvgIpc) is 1.81. The van der Waals surface area contributed by atoms with Gasteiger partial charge in [0.25, 0.3) is 0 Å². The van der Waals surface area contributed by atoms with E-state index in [1.165, 1.54) is 6.92 Å². The Labute approximate surface area is 66.4 Å². The standard InChI is InChI=1S/C6H15O4P/c1-3-4-5-6(2,7)11(8,9)10/h7H,3-5H2,1-2H3,(H2,8,9,10). The van der Waals surface area contributed by atoms with Crippen LogP contribution in [0.5, 0.6) is 0 Å². The molecule has 0 aromatic carbocycles. The summed E-state index contributed by atoms with van der Waals surface area (Å²) in [4.78, 5) is 17.3. The van der Waals surface area contributed by atoms with Gasteiger partial charge in [0.05, 0.1) is 0 Å². The molecule has 0 spiro atoms. The van der Waals surface area contributed by atoms with Gasteiger partial charge >= 0.3 is 7.60 Å². The molecule has 0 bridgehead atoms. The molecule has 0 saturated carbocycles. The zero-order valence-corrected chi connectivity index (χ0v) is 7.71. The molecule has 0 aliphatic heterocycles. The minimum absolute atomic E-state index is 0.147. The maximum absolute atomic E-state index is 10.6. The molecule has 11 heavy (non-hydrogen) atoms. The Morgan fingerprint density at radius 2 is 1.91 bits per heavy atom. The van der Waals surface area contributed by atoms with Crippen LogP contribution < -0.4 is 0 Å². The SMILES string of the molecule is CCCCC(C)(O)P(=O)(O)O. The third-order valence-electron chi connectivity index (χ3n) is 1.63. The largest absolute Gasteiger partial charge is 0.378 e. The van der Waals surface area contributed by atoms with Gasteiger partial charge in [-0.15, -0.1) is 0 Å². The van der Waals surface area contributed by atoms with Crippen LogP contribution in [0.25, 0.3) is 0 Å². The van der Waals surface area contributed by atoms with E-state index in [1.807, 2.05) is 6.92 Å².